The summed E-state index contributed by atoms with van der Waals surface area (Å²) in [6.45, 7) is 3.84. The Kier molecular flexibility index (Phi) is 10.4. The molecule has 8 heteroatoms. The maximum Gasteiger partial charge on any atom is 0.243 e. The van der Waals surface area contributed by atoms with Crippen LogP contribution in [0.1, 0.15) is 18.9 Å². The van der Waals surface area contributed by atoms with E-state index in [0.29, 0.717) is 5.96 Å². The highest BCUT2D eigenvalue weighted by atomic mass is 127. The number of benzene rings is 1. The molecular formula is C18H27IN6O. The zero-order valence-corrected chi connectivity index (χ0v) is 17.6. The minimum absolute atomic E-state index is 0. The Morgan fingerprint density at radius 2 is 2.12 bits per heavy atom. The maximum absolute atomic E-state index is 12.0. The van der Waals surface area contributed by atoms with Gasteiger partial charge < -0.3 is 16.0 Å². The molecule has 3 N–H and O–H groups in total. The van der Waals surface area contributed by atoms with Crippen LogP contribution in [0.4, 0.5) is 5.69 Å². The van der Waals surface area contributed by atoms with Gasteiger partial charge in [0, 0.05) is 38.2 Å². The quantitative estimate of drug-likeness (QED) is 0.239. The number of amides is 1. The van der Waals surface area contributed by atoms with Crippen molar-refractivity contribution in [3.63, 3.8) is 0 Å². The van der Waals surface area contributed by atoms with Crippen molar-refractivity contribution in [1.82, 2.24) is 20.4 Å². The third kappa shape index (κ3) is 7.85. The zero-order valence-electron chi connectivity index (χ0n) is 15.2. The highest BCUT2D eigenvalue weighted by molar-refractivity contribution is 14.0. The van der Waals surface area contributed by atoms with E-state index in [0.717, 1.165) is 31.6 Å². The summed E-state index contributed by atoms with van der Waals surface area (Å²) in [6.07, 6.45) is 5.56. The highest BCUT2D eigenvalue weighted by Crippen LogP contribution is 2.10. The Morgan fingerprint density at radius 3 is 2.81 bits per heavy atom. The van der Waals surface area contributed by atoms with Gasteiger partial charge in [-0.1, -0.05) is 19.1 Å². The van der Waals surface area contributed by atoms with Crippen LogP contribution in [0.3, 0.4) is 0 Å². The number of guanidine groups is 1. The predicted octanol–water partition coefficient (Wildman–Crippen LogP) is 2.26. The number of halogens is 1. The van der Waals surface area contributed by atoms with Crippen LogP contribution in [-0.4, -0.2) is 41.8 Å². The monoisotopic (exact) mass is 470 g/mol. The van der Waals surface area contributed by atoms with E-state index in [2.05, 4.69) is 33.0 Å². The summed E-state index contributed by atoms with van der Waals surface area (Å²) >= 11 is 0. The number of carbonyl (C=O) groups is 1. The lowest BCUT2D eigenvalue weighted by Crippen LogP contribution is -2.41. The number of aryl methyl sites for hydroxylation is 2. The number of nitrogens with one attached hydrogen (secondary N) is 3. The largest absolute Gasteiger partial charge is 0.356 e. The molecule has 2 rings (SSSR count). The average molecular weight is 470 g/mol. The molecule has 0 aliphatic carbocycles. The van der Waals surface area contributed by atoms with Crippen molar-refractivity contribution in [3.05, 3.63) is 48.3 Å². The van der Waals surface area contributed by atoms with E-state index in [1.54, 1.807) is 13.2 Å². The summed E-state index contributed by atoms with van der Waals surface area (Å²) in [4.78, 5) is 16.2. The molecule has 0 spiro atoms. The molecule has 2 aromatic rings. The van der Waals surface area contributed by atoms with E-state index < -0.39 is 0 Å². The molecule has 1 heterocycles. The van der Waals surface area contributed by atoms with Crippen LogP contribution in [0.5, 0.6) is 0 Å². The summed E-state index contributed by atoms with van der Waals surface area (Å²) in [5.41, 5.74) is 2.01. The number of rotatable bonds is 8. The van der Waals surface area contributed by atoms with E-state index in [9.17, 15) is 4.79 Å². The first-order chi connectivity index (χ1) is 12.2. The van der Waals surface area contributed by atoms with E-state index in [1.165, 1.54) is 5.56 Å². The molecule has 0 atom stereocenters. The number of carbonyl (C=O) groups excluding carboxylic acids is 1. The molecule has 142 valence electrons. The van der Waals surface area contributed by atoms with Crippen molar-refractivity contribution in [2.75, 3.05) is 25.5 Å². The number of aliphatic imine (C=N–C) groups is 1. The van der Waals surface area contributed by atoms with Crippen molar-refractivity contribution >= 4 is 41.5 Å². The molecule has 7 nitrogen and oxygen atoms in total. The van der Waals surface area contributed by atoms with Gasteiger partial charge in [0.25, 0.3) is 0 Å². The van der Waals surface area contributed by atoms with Crippen molar-refractivity contribution in [3.8, 4) is 0 Å². The van der Waals surface area contributed by atoms with E-state index >= 15 is 0 Å². The van der Waals surface area contributed by atoms with Crippen molar-refractivity contribution in [2.45, 2.75) is 26.3 Å². The Bertz CT molecular complexity index is 687. The van der Waals surface area contributed by atoms with Crippen LogP contribution in [0.25, 0.3) is 0 Å². The fourth-order valence-corrected chi connectivity index (χ4v) is 2.34. The SMILES string of the molecule is CCc1cccc(NC(=O)CNC(=NC)NCCCn2cccn2)c1.I. The summed E-state index contributed by atoms with van der Waals surface area (Å²) in [5.74, 6) is 0.505. The molecule has 0 aliphatic rings. The summed E-state index contributed by atoms with van der Waals surface area (Å²) < 4.78 is 1.88. The maximum atomic E-state index is 12.0. The second-order valence-corrected chi connectivity index (χ2v) is 5.58. The van der Waals surface area contributed by atoms with Crippen LogP contribution in [-0.2, 0) is 17.8 Å². The van der Waals surface area contributed by atoms with Crippen LogP contribution in [0, 0.1) is 0 Å². The van der Waals surface area contributed by atoms with Crippen molar-refractivity contribution in [2.24, 2.45) is 4.99 Å². The van der Waals surface area contributed by atoms with Crippen LogP contribution < -0.4 is 16.0 Å². The predicted molar refractivity (Wildman–Crippen MR) is 116 cm³/mol. The van der Waals surface area contributed by atoms with Gasteiger partial charge >= 0.3 is 0 Å². The molecule has 1 amide bonds. The number of hydrogen-bond acceptors (Lipinski definition) is 3. The van der Waals surface area contributed by atoms with Gasteiger partial charge in [-0.15, -0.1) is 24.0 Å². The second kappa shape index (κ2) is 12.3. The van der Waals surface area contributed by atoms with Gasteiger partial charge in [-0.05, 0) is 36.6 Å². The Hall–Kier alpha value is -2.10. The molecule has 0 saturated heterocycles. The standard InChI is InChI=1S/C18H26N6O.HI/c1-3-15-7-4-8-16(13-15)23-17(25)14-21-18(19-2)20-9-5-11-24-12-6-10-22-24;/h4,6-8,10,12-13H,3,5,9,11,14H2,1-2H3,(H,23,25)(H2,19,20,21);1H. The summed E-state index contributed by atoms with van der Waals surface area (Å²) in [6, 6.07) is 9.77. The van der Waals surface area contributed by atoms with Gasteiger partial charge in [0.1, 0.15) is 0 Å². The lowest BCUT2D eigenvalue weighted by molar-refractivity contribution is -0.115. The molecule has 26 heavy (non-hydrogen) atoms. The molecule has 1 aromatic heterocycles. The van der Waals surface area contributed by atoms with Gasteiger partial charge in [-0.25, -0.2) is 0 Å². The van der Waals surface area contributed by atoms with Crippen molar-refractivity contribution < 1.29 is 4.79 Å². The molecule has 0 fully saturated rings. The fraction of sp³-hybridized carbons (Fsp3) is 0.389. The smallest absolute Gasteiger partial charge is 0.243 e. The Morgan fingerprint density at radius 1 is 1.27 bits per heavy atom. The second-order valence-electron chi connectivity index (χ2n) is 5.58. The Labute approximate surface area is 171 Å². The fourth-order valence-electron chi connectivity index (χ4n) is 2.34. The van der Waals surface area contributed by atoms with Crippen molar-refractivity contribution in [1.29, 1.82) is 0 Å². The van der Waals surface area contributed by atoms with Gasteiger partial charge in [-0.2, -0.15) is 5.10 Å². The first kappa shape index (κ1) is 21.9. The lowest BCUT2D eigenvalue weighted by atomic mass is 10.1. The van der Waals surface area contributed by atoms with Crippen LogP contribution >= 0.6 is 24.0 Å². The van der Waals surface area contributed by atoms with Gasteiger partial charge in [-0.3, -0.25) is 14.5 Å². The van der Waals surface area contributed by atoms with E-state index in [1.807, 2.05) is 41.2 Å². The Balaban J connectivity index is 0.00000338. The van der Waals surface area contributed by atoms with Gasteiger partial charge in [0.15, 0.2) is 5.96 Å². The molecule has 0 aliphatic heterocycles. The molecule has 0 radical (unpaired) electrons. The number of anilines is 1. The average Bonchev–Trinajstić information content (AvgIpc) is 3.14. The highest BCUT2D eigenvalue weighted by Gasteiger charge is 2.04. The van der Waals surface area contributed by atoms with Gasteiger partial charge in [0.2, 0.25) is 5.91 Å². The van der Waals surface area contributed by atoms with Crippen LogP contribution in [0.2, 0.25) is 0 Å². The number of hydrogen-bond donors (Lipinski definition) is 3. The van der Waals surface area contributed by atoms with Crippen LogP contribution in [0.15, 0.2) is 47.7 Å². The number of aromatic nitrogens is 2. The number of nitrogens with zero attached hydrogens (tertiary/aromatic N) is 3. The minimum atomic E-state index is -0.104. The summed E-state index contributed by atoms with van der Waals surface area (Å²) in [7, 11) is 1.69. The third-order valence-corrected chi connectivity index (χ3v) is 3.67. The first-order valence-corrected chi connectivity index (χ1v) is 8.52. The normalized spacial score (nSPS) is 10.8. The van der Waals surface area contributed by atoms with E-state index in [-0.39, 0.29) is 36.4 Å². The molecule has 0 bridgehead atoms. The van der Waals surface area contributed by atoms with Gasteiger partial charge in [0.05, 0.1) is 6.54 Å². The molecule has 0 unspecified atom stereocenters. The first-order valence-electron chi connectivity index (χ1n) is 8.52. The molecule has 1 aromatic carbocycles. The minimum Gasteiger partial charge on any atom is -0.356 e. The zero-order chi connectivity index (χ0) is 17.9. The van der Waals surface area contributed by atoms with E-state index in [4.69, 9.17) is 0 Å². The molecule has 0 saturated carbocycles. The summed E-state index contributed by atoms with van der Waals surface area (Å²) in [5, 5.41) is 13.2. The molecular weight excluding hydrogens is 443 g/mol. The lowest BCUT2D eigenvalue weighted by Gasteiger charge is -2.12. The topological polar surface area (TPSA) is 83.3 Å². The third-order valence-electron chi connectivity index (χ3n) is 3.67.